The van der Waals surface area contributed by atoms with E-state index >= 15 is 0 Å². The smallest absolute Gasteiger partial charge is 0.244 e. The summed E-state index contributed by atoms with van der Waals surface area (Å²) in [5, 5.41) is 0. The lowest BCUT2D eigenvalue weighted by Crippen LogP contribution is -2.49. The van der Waals surface area contributed by atoms with E-state index in [1.807, 2.05) is 0 Å². The van der Waals surface area contributed by atoms with Crippen molar-refractivity contribution in [1.82, 2.24) is 9.29 Å². The third-order valence-corrected chi connectivity index (χ3v) is 6.80. The second-order valence-electron chi connectivity index (χ2n) is 5.71. The first-order valence-corrected chi connectivity index (χ1v) is 9.45. The molecule has 1 aromatic heterocycles. The van der Waals surface area contributed by atoms with Crippen LogP contribution < -0.4 is 0 Å². The lowest BCUT2D eigenvalue weighted by atomic mass is 9.79. The number of piperidine rings is 1. The zero-order chi connectivity index (χ0) is 14.2. The minimum absolute atomic E-state index is 0.196. The van der Waals surface area contributed by atoms with E-state index in [0.29, 0.717) is 21.8 Å². The van der Waals surface area contributed by atoms with Gasteiger partial charge in [0.1, 0.15) is 4.90 Å². The summed E-state index contributed by atoms with van der Waals surface area (Å²) < 4.78 is 28.2. The second-order valence-corrected chi connectivity index (χ2v) is 8.51. The number of fused-ring (bicyclic) bond motifs is 1. The molecule has 2 unspecified atom stereocenters. The highest BCUT2D eigenvalue weighted by Gasteiger charge is 2.39. The third kappa shape index (κ3) is 2.65. The van der Waals surface area contributed by atoms with Crippen molar-refractivity contribution in [3.05, 3.63) is 22.9 Å². The summed E-state index contributed by atoms with van der Waals surface area (Å²) in [7, 11) is -3.41. The van der Waals surface area contributed by atoms with Crippen molar-refractivity contribution >= 4 is 26.0 Å². The van der Waals surface area contributed by atoms with Gasteiger partial charge in [-0.1, -0.05) is 12.8 Å². The standard InChI is InChI=1S/C14H19BrN2O2S/c15-12-8-13(10-16-9-12)20(18,19)17-7-3-5-11-4-1-2-6-14(11)17/h8-11,14H,1-7H2. The van der Waals surface area contributed by atoms with E-state index in [1.165, 1.54) is 25.5 Å². The van der Waals surface area contributed by atoms with Crippen LogP contribution in [0.15, 0.2) is 27.8 Å². The Morgan fingerprint density at radius 1 is 1.15 bits per heavy atom. The summed E-state index contributed by atoms with van der Waals surface area (Å²) >= 11 is 3.30. The van der Waals surface area contributed by atoms with Gasteiger partial charge < -0.3 is 0 Å². The summed E-state index contributed by atoms with van der Waals surface area (Å²) in [4.78, 5) is 4.30. The second kappa shape index (κ2) is 5.73. The fraction of sp³-hybridized carbons (Fsp3) is 0.643. The van der Waals surface area contributed by atoms with Crippen LogP contribution in [0, 0.1) is 5.92 Å². The Bertz CT molecular complexity index is 589. The number of sulfonamides is 1. The van der Waals surface area contributed by atoms with E-state index < -0.39 is 10.0 Å². The molecule has 20 heavy (non-hydrogen) atoms. The number of aromatic nitrogens is 1. The molecule has 0 spiro atoms. The zero-order valence-corrected chi connectivity index (χ0v) is 13.7. The molecule has 6 heteroatoms. The van der Waals surface area contributed by atoms with E-state index in [-0.39, 0.29) is 6.04 Å². The van der Waals surface area contributed by atoms with Crippen LogP contribution in [-0.2, 0) is 10.0 Å². The fourth-order valence-corrected chi connectivity index (χ4v) is 5.81. The fourth-order valence-electron chi connectivity index (χ4n) is 3.55. The number of rotatable bonds is 2. The topological polar surface area (TPSA) is 50.3 Å². The minimum atomic E-state index is -3.41. The summed E-state index contributed by atoms with van der Waals surface area (Å²) in [6.07, 6.45) is 9.77. The van der Waals surface area contributed by atoms with Gasteiger partial charge in [-0.25, -0.2) is 8.42 Å². The lowest BCUT2D eigenvalue weighted by molar-refractivity contribution is 0.129. The molecule has 2 aliphatic rings. The molecule has 2 fully saturated rings. The van der Waals surface area contributed by atoms with Crippen molar-refractivity contribution in [2.45, 2.75) is 49.5 Å². The summed E-state index contributed by atoms with van der Waals surface area (Å²) in [6.45, 7) is 0.649. The summed E-state index contributed by atoms with van der Waals surface area (Å²) in [5.41, 5.74) is 0. The molecule has 0 radical (unpaired) electrons. The van der Waals surface area contributed by atoms with E-state index in [4.69, 9.17) is 0 Å². The van der Waals surface area contributed by atoms with Crippen molar-refractivity contribution in [1.29, 1.82) is 0 Å². The van der Waals surface area contributed by atoms with Crippen molar-refractivity contribution in [2.24, 2.45) is 5.92 Å². The maximum absolute atomic E-state index is 12.9. The number of hydrogen-bond acceptors (Lipinski definition) is 3. The van der Waals surface area contributed by atoms with Crippen LogP contribution in [0.25, 0.3) is 0 Å². The van der Waals surface area contributed by atoms with Crippen LogP contribution in [-0.4, -0.2) is 30.3 Å². The average molecular weight is 359 g/mol. The highest BCUT2D eigenvalue weighted by atomic mass is 79.9. The highest BCUT2D eigenvalue weighted by Crippen LogP contribution is 2.38. The van der Waals surface area contributed by atoms with Crippen LogP contribution in [0.3, 0.4) is 0 Å². The molecule has 0 aromatic carbocycles. The van der Waals surface area contributed by atoms with E-state index in [9.17, 15) is 8.42 Å². The molecule has 2 atom stereocenters. The Morgan fingerprint density at radius 3 is 2.70 bits per heavy atom. The molecule has 2 heterocycles. The van der Waals surface area contributed by atoms with Gasteiger partial charge in [0, 0.05) is 29.5 Å². The molecule has 0 bridgehead atoms. The molecule has 0 amide bonds. The van der Waals surface area contributed by atoms with Gasteiger partial charge >= 0.3 is 0 Å². The van der Waals surface area contributed by atoms with Crippen molar-refractivity contribution in [3.63, 3.8) is 0 Å². The van der Waals surface area contributed by atoms with Gasteiger partial charge in [-0.2, -0.15) is 4.31 Å². The van der Waals surface area contributed by atoms with E-state index in [1.54, 1.807) is 16.6 Å². The van der Waals surface area contributed by atoms with Crippen molar-refractivity contribution < 1.29 is 8.42 Å². The monoisotopic (exact) mass is 358 g/mol. The number of pyridine rings is 1. The van der Waals surface area contributed by atoms with Gasteiger partial charge in [0.15, 0.2) is 0 Å². The Morgan fingerprint density at radius 2 is 1.90 bits per heavy atom. The number of hydrogen-bond donors (Lipinski definition) is 0. The Balaban J connectivity index is 1.93. The lowest BCUT2D eigenvalue weighted by Gasteiger charge is -2.43. The molecule has 1 aromatic rings. The zero-order valence-electron chi connectivity index (χ0n) is 11.3. The normalized spacial score (nSPS) is 28.1. The first-order chi connectivity index (χ1) is 9.59. The Hall–Kier alpha value is -0.460. The summed E-state index contributed by atoms with van der Waals surface area (Å²) in [5.74, 6) is 0.549. The van der Waals surface area contributed by atoms with Crippen LogP contribution in [0.4, 0.5) is 0 Å². The third-order valence-electron chi connectivity index (χ3n) is 4.48. The van der Waals surface area contributed by atoms with Crippen molar-refractivity contribution in [3.8, 4) is 0 Å². The van der Waals surface area contributed by atoms with Gasteiger partial charge in [0.25, 0.3) is 0 Å². The number of halogens is 1. The van der Waals surface area contributed by atoms with Crippen LogP contribution in [0.5, 0.6) is 0 Å². The molecule has 1 aliphatic carbocycles. The molecule has 1 aliphatic heterocycles. The van der Waals surface area contributed by atoms with Gasteiger partial charge in [-0.15, -0.1) is 0 Å². The molecular weight excluding hydrogens is 340 g/mol. The summed E-state index contributed by atoms with van der Waals surface area (Å²) in [6, 6.07) is 1.84. The maximum Gasteiger partial charge on any atom is 0.244 e. The molecule has 0 N–H and O–H groups in total. The number of nitrogens with zero attached hydrogens (tertiary/aromatic N) is 2. The van der Waals surface area contributed by atoms with Crippen molar-refractivity contribution in [2.75, 3.05) is 6.54 Å². The average Bonchev–Trinajstić information content (AvgIpc) is 2.46. The first kappa shape index (κ1) is 14.5. The maximum atomic E-state index is 12.9. The van der Waals surface area contributed by atoms with E-state index in [2.05, 4.69) is 20.9 Å². The van der Waals surface area contributed by atoms with Crippen LogP contribution >= 0.6 is 15.9 Å². The van der Waals surface area contributed by atoms with E-state index in [0.717, 1.165) is 19.3 Å². The Kier molecular flexibility index (Phi) is 4.15. The molecule has 3 rings (SSSR count). The first-order valence-electron chi connectivity index (χ1n) is 7.21. The van der Waals surface area contributed by atoms with Crippen LogP contribution in [0.2, 0.25) is 0 Å². The SMILES string of the molecule is O=S(=O)(c1cncc(Br)c1)N1CCCC2CCCCC21. The largest absolute Gasteiger partial charge is 0.262 e. The van der Waals surface area contributed by atoms with Gasteiger partial charge in [-0.3, -0.25) is 4.98 Å². The molecular formula is C14H19BrN2O2S. The van der Waals surface area contributed by atoms with Gasteiger partial charge in [0.2, 0.25) is 10.0 Å². The quantitative estimate of drug-likeness (QED) is 0.815. The van der Waals surface area contributed by atoms with Gasteiger partial charge in [0.05, 0.1) is 0 Å². The van der Waals surface area contributed by atoms with Crippen LogP contribution in [0.1, 0.15) is 38.5 Å². The molecule has 110 valence electrons. The predicted octanol–water partition coefficient (Wildman–Crippen LogP) is 3.19. The molecule has 4 nitrogen and oxygen atoms in total. The predicted molar refractivity (Wildman–Crippen MR) is 80.8 cm³/mol. The highest BCUT2D eigenvalue weighted by molar-refractivity contribution is 9.10. The molecule has 1 saturated carbocycles. The minimum Gasteiger partial charge on any atom is -0.262 e. The van der Waals surface area contributed by atoms with Gasteiger partial charge in [-0.05, 0) is 53.6 Å². The molecule has 1 saturated heterocycles. The Labute approximate surface area is 128 Å².